The van der Waals surface area contributed by atoms with Crippen LogP contribution >= 0.6 is 0 Å². The number of hydrogen-bond acceptors (Lipinski definition) is 6. The zero-order chi connectivity index (χ0) is 28.9. The molecule has 7 heteroatoms. The van der Waals surface area contributed by atoms with Gasteiger partial charge in [-0.1, -0.05) is 35.4 Å². The molecular weight excluding hydrogens is 535 g/mol. The Labute approximate surface area is 242 Å². The van der Waals surface area contributed by atoms with E-state index in [0.717, 1.165) is 44.5 Å². The van der Waals surface area contributed by atoms with Crippen molar-refractivity contribution in [1.82, 2.24) is 0 Å². The number of aliphatic hydroxyl groups is 2. The Kier molecular flexibility index (Phi) is 12.3. The van der Waals surface area contributed by atoms with Gasteiger partial charge in [-0.2, -0.15) is 0 Å². The van der Waals surface area contributed by atoms with E-state index < -0.39 is 12.1 Å². The molecule has 0 aliphatic carbocycles. The van der Waals surface area contributed by atoms with Crippen LogP contribution in [0.3, 0.4) is 0 Å². The zero-order valence-corrected chi connectivity index (χ0v) is 25.6. The van der Waals surface area contributed by atoms with E-state index in [9.17, 15) is 19.8 Å². The summed E-state index contributed by atoms with van der Waals surface area (Å²) in [5.74, 6) is -0.828. The summed E-state index contributed by atoms with van der Waals surface area (Å²) in [7, 11) is 0. The van der Waals surface area contributed by atoms with Gasteiger partial charge in [0.15, 0.2) is 11.6 Å². The third-order valence-corrected chi connectivity index (χ3v) is 6.63. The van der Waals surface area contributed by atoms with Crippen LogP contribution in [0.1, 0.15) is 84.3 Å². The molecule has 0 amide bonds. The number of nitrogens with zero attached hydrogens (tertiary/aromatic N) is 2. The quantitative estimate of drug-likeness (QED) is 0.186. The molecule has 0 spiro atoms. The molecule has 0 bridgehead atoms. The Morgan fingerprint density at radius 1 is 0.615 bits per heavy atom. The second kappa shape index (κ2) is 14.2. The maximum absolute atomic E-state index is 12.3. The molecule has 0 unspecified atom stereocenters. The van der Waals surface area contributed by atoms with Crippen molar-refractivity contribution in [3.8, 4) is 0 Å². The fraction of sp³-hybridized carbons (Fsp3) is 0.375. The number of aliphatic hydroxyl groups excluding tert-OH is 2. The number of allylic oxidation sites excluding steroid dienone is 4. The summed E-state index contributed by atoms with van der Waals surface area (Å²) in [4.78, 5) is 34.3. The summed E-state index contributed by atoms with van der Waals surface area (Å²) in [6.07, 6.45) is 2.84. The van der Waals surface area contributed by atoms with E-state index in [2.05, 4.69) is 24.3 Å². The van der Waals surface area contributed by atoms with Crippen molar-refractivity contribution in [3.63, 3.8) is 0 Å². The molecule has 0 saturated carbocycles. The van der Waals surface area contributed by atoms with Crippen LogP contribution in [-0.2, 0) is 26.4 Å². The van der Waals surface area contributed by atoms with E-state index in [0.29, 0.717) is 0 Å². The van der Waals surface area contributed by atoms with Gasteiger partial charge in [0, 0.05) is 29.2 Å². The van der Waals surface area contributed by atoms with E-state index in [1.54, 1.807) is 0 Å². The number of rotatable bonds is 9. The van der Waals surface area contributed by atoms with Crippen molar-refractivity contribution in [3.05, 3.63) is 91.4 Å². The van der Waals surface area contributed by atoms with E-state index >= 15 is 0 Å². The molecule has 211 valence electrons. The van der Waals surface area contributed by atoms with Crippen LogP contribution in [0.5, 0.6) is 0 Å². The number of aliphatic imine (C=N–C) groups is 2. The maximum Gasteiger partial charge on any atom is 0.164 e. The molecule has 1 radical (unpaired) electrons. The van der Waals surface area contributed by atoms with Crippen molar-refractivity contribution in [2.45, 2.75) is 81.3 Å². The standard InChI is InChI=1S/C32H40N2O4.Co/c1-17-11-19(3)29(20(4)12-17)31(33-15-27(23(7)35)24(8)36)32(34-16-28(25(9)37)26(10)38)30-21(5)13-18(2)14-22(30)6;/h11-16,31-32,35,37H,1-10H3;/b27-23+,28-25?,33-15?,34-16?;/t31-,32-;/m1./s1. The van der Waals surface area contributed by atoms with Gasteiger partial charge in [-0.3, -0.25) is 19.6 Å². The summed E-state index contributed by atoms with van der Waals surface area (Å²) >= 11 is 0. The molecule has 0 heterocycles. The minimum absolute atomic E-state index is 0. The predicted octanol–water partition coefficient (Wildman–Crippen LogP) is 7.30. The van der Waals surface area contributed by atoms with E-state index in [-0.39, 0.29) is 51.0 Å². The summed E-state index contributed by atoms with van der Waals surface area (Å²) in [5.41, 5.74) is 8.42. The first kappa shape index (κ1) is 33.7. The number of carbonyl (C=O) groups excluding carboxylic acids is 2. The minimum atomic E-state index is -0.590. The Bertz CT molecular complexity index is 1220. The Balaban J connectivity index is 0.00000760. The van der Waals surface area contributed by atoms with Crippen LogP contribution in [0.4, 0.5) is 0 Å². The fourth-order valence-corrected chi connectivity index (χ4v) is 5.13. The summed E-state index contributed by atoms with van der Waals surface area (Å²) in [5, 5.41) is 20.3. The molecule has 39 heavy (non-hydrogen) atoms. The van der Waals surface area contributed by atoms with Gasteiger partial charge in [-0.05, 0) is 103 Å². The van der Waals surface area contributed by atoms with Crippen LogP contribution in [0, 0.1) is 41.5 Å². The van der Waals surface area contributed by atoms with Crippen LogP contribution in [0.15, 0.2) is 56.9 Å². The van der Waals surface area contributed by atoms with Crippen molar-refractivity contribution in [1.29, 1.82) is 0 Å². The largest absolute Gasteiger partial charge is 0.512 e. The summed E-state index contributed by atoms with van der Waals surface area (Å²) in [6.45, 7) is 17.8. The van der Waals surface area contributed by atoms with Crippen molar-refractivity contribution < 1.29 is 36.6 Å². The Hall–Kier alpha value is -3.29. The molecule has 0 aromatic heterocycles. The second-order valence-electron chi connectivity index (χ2n) is 10.2. The number of ketones is 2. The molecule has 0 aliphatic rings. The third-order valence-electron chi connectivity index (χ3n) is 6.63. The summed E-state index contributed by atoms with van der Waals surface area (Å²) < 4.78 is 0. The van der Waals surface area contributed by atoms with Gasteiger partial charge in [0.2, 0.25) is 0 Å². The van der Waals surface area contributed by atoms with Crippen LogP contribution < -0.4 is 0 Å². The predicted molar refractivity (Wildman–Crippen MR) is 156 cm³/mol. The molecule has 0 saturated heterocycles. The molecule has 2 N–H and O–H groups in total. The van der Waals surface area contributed by atoms with Crippen molar-refractivity contribution >= 4 is 24.0 Å². The minimum Gasteiger partial charge on any atom is -0.512 e. The monoisotopic (exact) mass is 575 g/mol. The molecule has 2 aromatic carbocycles. The van der Waals surface area contributed by atoms with Gasteiger partial charge < -0.3 is 10.2 Å². The Morgan fingerprint density at radius 2 is 0.872 bits per heavy atom. The summed E-state index contributed by atoms with van der Waals surface area (Å²) in [6, 6.07) is 7.15. The molecule has 0 aliphatic heterocycles. The molecule has 0 fully saturated rings. The maximum atomic E-state index is 12.3. The van der Waals surface area contributed by atoms with Crippen molar-refractivity contribution in [2.24, 2.45) is 9.98 Å². The first-order chi connectivity index (χ1) is 17.6. The van der Waals surface area contributed by atoms with E-state index in [1.165, 1.54) is 40.1 Å². The molecule has 2 rings (SSSR count). The normalized spacial score (nSPS) is 14.5. The zero-order valence-electron chi connectivity index (χ0n) is 24.6. The number of carbonyl (C=O) groups is 2. The van der Waals surface area contributed by atoms with E-state index in [4.69, 9.17) is 9.98 Å². The van der Waals surface area contributed by atoms with Gasteiger partial charge in [0.25, 0.3) is 0 Å². The fourth-order valence-electron chi connectivity index (χ4n) is 5.13. The van der Waals surface area contributed by atoms with Crippen molar-refractivity contribution in [2.75, 3.05) is 0 Å². The first-order valence-electron chi connectivity index (χ1n) is 12.7. The molecule has 2 aromatic rings. The molecule has 6 nitrogen and oxygen atoms in total. The number of benzene rings is 2. The van der Waals surface area contributed by atoms with Crippen LogP contribution in [-0.4, -0.2) is 34.2 Å². The second-order valence-corrected chi connectivity index (χ2v) is 10.2. The third kappa shape index (κ3) is 8.34. The molecule has 2 atom stereocenters. The SMILES string of the molecule is CC(=O)C(C=N[C@H](c1c(C)cc(C)cc1C)[C@H](N=C/C(C(C)=O)=C(/C)O)c1c(C)cc(C)cc1C)=C(C)O.[Co]. The molecular formula is C32H40CoN2O4. The van der Waals surface area contributed by atoms with Gasteiger partial charge in [0.05, 0.1) is 11.1 Å². The Morgan fingerprint density at radius 3 is 1.08 bits per heavy atom. The average Bonchev–Trinajstić information content (AvgIpc) is 2.74. The van der Waals surface area contributed by atoms with Gasteiger partial charge >= 0.3 is 0 Å². The van der Waals surface area contributed by atoms with Crippen LogP contribution in [0.2, 0.25) is 0 Å². The number of aryl methyl sites for hydroxylation is 6. The van der Waals surface area contributed by atoms with Crippen LogP contribution in [0.25, 0.3) is 0 Å². The van der Waals surface area contributed by atoms with Gasteiger partial charge in [-0.25, -0.2) is 0 Å². The number of hydrogen-bond donors (Lipinski definition) is 2. The smallest absolute Gasteiger partial charge is 0.164 e. The topological polar surface area (TPSA) is 99.3 Å². The van der Waals surface area contributed by atoms with E-state index in [1.807, 2.05) is 41.5 Å². The average molecular weight is 576 g/mol. The van der Waals surface area contributed by atoms with Gasteiger partial charge in [-0.15, -0.1) is 0 Å². The number of Topliss-reactive ketones (excluding diaryl/α,β-unsaturated/α-hetero) is 2. The van der Waals surface area contributed by atoms with Gasteiger partial charge in [0.1, 0.15) is 23.6 Å². The first-order valence-corrected chi connectivity index (χ1v) is 12.7.